The number of halogens is 1. The van der Waals surface area contributed by atoms with Gasteiger partial charge in [0.15, 0.2) is 5.54 Å². The van der Waals surface area contributed by atoms with Crippen molar-refractivity contribution in [3.63, 3.8) is 0 Å². The molecule has 2 rings (SSSR count). The molecule has 2 N–H and O–H groups in total. The first-order valence-corrected chi connectivity index (χ1v) is 6.97. The molecule has 0 fully saturated rings. The molecule has 0 radical (unpaired) electrons. The van der Waals surface area contributed by atoms with Gasteiger partial charge in [0.1, 0.15) is 5.69 Å². The summed E-state index contributed by atoms with van der Waals surface area (Å²) >= 11 is 6.28. The van der Waals surface area contributed by atoms with E-state index in [4.69, 9.17) is 16.3 Å². The number of carbonyl (C=O) groups excluding carboxylic acids is 1. The summed E-state index contributed by atoms with van der Waals surface area (Å²) in [7, 11) is 3.08. The van der Waals surface area contributed by atoms with Crippen LogP contribution in [0.2, 0.25) is 5.02 Å². The fourth-order valence-corrected chi connectivity index (χ4v) is 2.72. The summed E-state index contributed by atoms with van der Waals surface area (Å²) in [6.45, 7) is 1.23. The topological polar surface area (TPSA) is 80.6 Å². The summed E-state index contributed by atoms with van der Waals surface area (Å²) < 4.78 is 6.53. The zero-order chi connectivity index (χ0) is 16.5. The molecule has 1 unspecified atom stereocenters. The second kappa shape index (κ2) is 5.98. The molecule has 7 heteroatoms. The van der Waals surface area contributed by atoms with Crippen LogP contribution >= 0.6 is 11.6 Å². The number of aliphatic carboxylic acids is 1. The molecule has 1 aromatic carbocycles. The van der Waals surface area contributed by atoms with Crippen molar-refractivity contribution in [1.29, 1.82) is 0 Å². The van der Waals surface area contributed by atoms with E-state index in [9.17, 15) is 14.7 Å². The number of hydrogen-bond acceptors (Lipinski definition) is 3. The Hall–Kier alpha value is -2.05. The third-order valence-electron chi connectivity index (χ3n) is 3.55. The molecule has 118 valence electrons. The highest BCUT2D eigenvalue weighted by molar-refractivity contribution is 6.38. The molecule has 0 spiro atoms. The van der Waals surface area contributed by atoms with Crippen LogP contribution < -0.4 is 5.32 Å². The average molecular weight is 325 g/mol. The Kier molecular flexibility index (Phi) is 4.44. The van der Waals surface area contributed by atoms with Gasteiger partial charge in [-0.25, -0.2) is 4.79 Å². The maximum Gasteiger partial charge on any atom is 0.331 e. The van der Waals surface area contributed by atoms with Crippen molar-refractivity contribution in [2.75, 3.05) is 13.7 Å². The van der Waals surface area contributed by atoms with Crippen molar-refractivity contribution in [3.8, 4) is 0 Å². The van der Waals surface area contributed by atoms with Crippen molar-refractivity contribution in [2.45, 2.75) is 12.5 Å². The molecule has 1 atom stereocenters. The second-order valence-corrected chi connectivity index (χ2v) is 5.64. The summed E-state index contributed by atoms with van der Waals surface area (Å²) in [5.41, 5.74) is -0.529. The summed E-state index contributed by atoms with van der Waals surface area (Å²) in [6.07, 6.45) is 0. The molecule has 1 amide bonds. The van der Waals surface area contributed by atoms with Crippen LogP contribution in [0.4, 0.5) is 0 Å². The smallest absolute Gasteiger partial charge is 0.331 e. The monoisotopic (exact) mass is 324 g/mol. The van der Waals surface area contributed by atoms with Gasteiger partial charge in [-0.1, -0.05) is 29.8 Å². The van der Waals surface area contributed by atoms with Gasteiger partial charge in [0, 0.05) is 25.1 Å². The Bertz CT molecular complexity index is 701. The van der Waals surface area contributed by atoms with Crippen molar-refractivity contribution >= 4 is 34.4 Å². The number of para-hydroxylation sites is 1. The zero-order valence-electron chi connectivity index (χ0n) is 12.5. The number of rotatable bonds is 5. The lowest BCUT2D eigenvalue weighted by Crippen LogP contribution is -2.55. The highest BCUT2D eigenvalue weighted by Gasteiger charge is 2.36. The Labute approximate surface area is 132 Å². The van der Waals surface area contributed by atoms with Gasteiger partial charge in [-0.2, -0.15) is 0 Å². The highest BCUT2D eigenvalue weighted by Crippen LogP contribution is 2.30. The molecule has 0 aliphatic heterocycles. The number of benzene rings is 1. The van der Waals surface area contributed by atoms with E-state index in [1.54, 1.807) is 17.7 Å². The number of nitrogens with zero attached hydrogens (tertiary/aromatic N) is 1. The van der Waals surface area contributed by atoms with Gasteiger partial charge in [-0.05, 0) is 13.0 Å². The molecule has 1 heterocycles. The Morgan fingerprint density at radius 2 is 2.05 bits per heavy atom. The van der Waals surface area contributed by atoms with Gasteiger partial charge in [0.05, 0.1) is 11.6 Å². The Morgan fingerprint density at radius 1 is 1.41 bits per heavy atom. The van der Waals surface area contributed by atoms with Crippen LogP contribution in [0, 0.1) is 0 Å². The molecule has 0 aliphatic carbocycles. The van der Waals surface area contributed by atoms with Crippen LogP contribution in [0.1, 0.15) is 17.4 Å². The van der Waals surface area contributed by atoms with E-state index < -0.39 is 17.4 Å². The van der Waals surface area contributed by atoms with E-state index in [0.717, 1.165) is 10.9 Å². The maximum absolute atomic E-state index is 12.5. The number of amides is 1. The first kappa shape index (κ1) is 16.3. The normalized spacial score (nSPS) is 13.8. The van der Waals surface area contributed by atoms with Gasteiger partial charge in [-0.15, -0.1) is 0 Å². The number of carbonyl (C=O) groups is 2. The number of carboxylic acids is 1. The number of fused-ring (bicyclic) bond motifs is 1. The molecule has 22 heavy (non-hydrogen) atoms. The molecule has 0 saturated carbocycles. The van der Waals surface area contributed by atoms with Crippen LogP contribution in [0.15, 0.2) is 24.3 Å². The lowest BCUT2D eigenvalue weighted by Gasteiger charge is -2.25. The molecule has 0 aliphatic rings. The summed E-state index contributed by atoms with van der Waals surface area (Å²) in [5, 5.41) is 12.8. The van der Waals surface area contributed by atoms with Crippen molar-refractivity contribution in [1.82, 2.24) is 9.88 Å². The van der Waals surface area contributed by atoms with E-state index >= 15 is 0 Å². The Balaban J connectivity index is 2.44. The number of hydrogen-bond donors (Lipinski definition) is 2. The van der Waals surface area contributed by atoms with E-state index in [1.807, 2.05) is 18.2 Å². The van der Waals surface area contributed by atoms with E-state index in [-0.39, 0.29) is 12.3 Å². The predicted octanol–water partition coefficient (Wildman–Crippen LogP) is 2.05. The van der Waals surface area contributed by atoms with Crippen LogP contribution in [-0.2, 0) is 16.6 Å². The Morgan fingerprint density at radius 3 is 2.59 bits per heavy atom. The minimum absolute atomic E-state index is 0.157. The first-order valence-electron chi connectivity index (χ1n) is 6.59. The van der Waals surface area contributed by atoms with E-state index in [0.29, 0.717) is 5.02 Å². The molecule has 6 nitrogen and oxygen atoms in total. The number of aromatic nitrogens is 1. The van der Waals surface area contributed by atoms with Gasteiger partial charge >= 0.3 is 5.97 Å². The molecule has 0 bridgehead atoms. The van der Waals surface area contributed by atoms with Gasteiger partial charge < -0.3 is 19.7 Å². The second-order valence-electron chi connectivity index (χ2n) is 5.26. The van der Waals surface area contributed by atoms with Gasteiger partial charge in [0.2, 0.25) is 0 Å². The van der Waals surface area contributed by atoms with Crippen molar-refractivity contribution < 1.29 is 19.4 Å². The maximum atomic E-state index is 12.5. The van der Waals surface area contributed by atoms with Crippen LogP contribution in [-0.4, -0.2) is 40.8 Å². The van der Waals surface area contributed by atoms with Crippen LogP contribution in [0.5, 0.6) is 0 Å². The summed E-state index contributed by atoms with van der Waals surface area (Å²) in [6, 6.07) is 7.30. The first-order chi connectivity index (χ1) is 10.3. The molecule has 0 saturated heterocycles. The van der Waals surface area contributed by atoms with Crippen LogP contribution in [0.25, 0.3) is 10.9 Å². The average Bonchev–Trinajstić information content (AvgIpc) is 2.71. The third-order valence-corrected chi connectivity index (χ3v) is 3.94. The lowest BCUT2D eigenvalue weighted by molar-refractivity contribution is -0.145. The standard InChI is InChI=1S/C15H17ClN2O4/c1-15(8-22-3,14(20)21)17-13(19)12-11(16)9-6-4-5-7-10(9)18(12)2/h4-7H,8H2,1-3H3,(H,17,19)(H,20,21). The van der Waals surface area contributed by atoms with Crippen LogP contribution in [0.3, 0.4) is 0 Å². The molecule has 1 aromatic heterocycles. The lowest BCUT2D eigenvalue weighted by atomic mass is 10.0. The van der Waals surface area contributed by atoms with E-state index in [2.05, 4.69) is 5.32 Å². The minimum atomic E-state index is -1.54. The quantitative estimate of drug-likeness (QED) is 0.882. The molecular formula is C15H17ClN2O4. The van der Waals surface area contributed by atoms with Crippen molar-refractivity contribution in [3.05, 3.63) is 35.0 Å². The number of nitrogens with one attached hydrogen (secondary N) is 1. The van der Waals surface area contributed by atoms with E-state index in [1.165, 1.54) is 14.0 Å². The predicted molar refractivity (Wildman–Crippen MR) is 83.3 cm³/mol. The number of methoxy groups -OCH3 is 1. The van der Waals surface area contributed by atoms with Gasteiger partial charge in [0.25, 0.3) is 5.91 Å². The fourth-order valence-electron chi connectivity index (χ4n) is 2.35. The zero-order valence-corrected chi connectivity index (χ0v) is 13.3. The summed E-state index contributed by atoms with van der Waals surface area (Å²) in [5.74, 6) is -1.75. The fraction of sp³-hybridized carbons (Fsp3) is 0.333. The minimum Gasteiger partial charge on any atom is -0.479 e. The summed E-state index contributed by atoms with van der Waals surface area (Å²) in [4.78, 5) is 23.9. The number of carboxylic acid groups (broad SMARTS) is 1. The third kappa shape index (κ3) is 2.67. The molecular weight excluding hydrogens is 308 g/mol. The van der Waals surface area contributed by atoms with Crippen molar-refractivity contribution in [2.24, 2.45) is 7.05 Å². The molecule has 2 aromatic rings. The number of aryl methyl sites for hydroxylation is 1. The van der Waals surface area contributed by atoms with Gasteiger partial charge in [-0.3, -0.25) is 4.79 Å². The largest absolute Gasteiger partial charge is 0.479 e. The highest BCUT2D eigenvalue weighted by atomic mass is 35.5. The SMILES string of the molecule is COCC(C)(NC(=O)c1c(Cl)c2ccccc2n1C)C(=O)O. The number of ether oxygens (including phenoxy) is 1.